The predicted molar refractivity (Wildman–Crippen MR) is 119 cm³/mol. The molecule has 3 heterocycles. The van der Waals surface area contributed by atoms with Crippen molar-refractivity contribution in [3.63, 3.8) is 0 Å². The zero-order valence-electron chi connectivity index (χ0n) is 16.9. The van der Waals surface area contributed by atoms with E-state index in [0.29, 0.717) is 35.8 Å². The Morgan fingerprint density at radius 1 is 1.00 bits per heavy atom. The molecule has 6 nitrogen and oxygen atoms in total. The Kier molecular flexibility index (Phi) is 6.58. The van der Waals surface area contributed by atoms with Crippen LogP contribution in [0.4, 0.5) is 0 Å². The number of benzene rings is 1. The Labute approximate surface area is 185 Å². The van der Waals surface area contributed by atoms with Crippen molar-refractivity contribution < 1.29 is 14.4 Å². The molecule has 3 amide bonds. The van der Waals surface area contributed by atoms with E-state index in [2.05, 4.69) is 5.32 Å². The number of nitrogens with zero attached hydrogens (tertiary/aromatic N) is 2. The van der Waals surface area contributed by atoms with Crippen molar-refractivity contribution in [1.82, 2.24) is 15.1 Å². The molecule has 160 valence electrons. The summed E-state index contributed by atoms with van der Waals surface area (Å²) in [7, 11) is 0. The van der Waals surface area contributed by atoms with Crippen LogP contribution in [0.25, 0.3) is 10.1 Å². The molecule has 2 aliphatic heterocycles. The molecule has 2 aromatic rings. The fourth-order valence-corrected chi connectivity index (χ4v) is 5.69. The number of likely N-dealkylation sites (tertiary alicyclic amines) is 2. The molecule has 2 aliphatic rings. The summed E-state index contributed by atoms with van der Waals surface area (Å²) in [5, 5.41) is 3.98. The highest BCUT2D eigenvalue weighted by Gasteiger charge is 2.30. The van der Waals surface area contributed by atoms with E-state index >= 15 is 0 Å². The summed E-state index contributed by atoms with van der Waals surface area (Å²) in [6, 6.07) is 7.58. The van der Waals surface area contributed by atoms with Gasteiger partial charge in [-0.2, -0.15) is 0 Å². The van der Waals surface area contributed by atoms with E-state index in [-0.39, 0.29) is 30.2 Å². The number of nitrogens with one attached hydrogen (secondary N) is 1. The molecule has 0 atom stereocenters. The molecule has 30 heavy (non-hydrogen) atoms. The van der Waals surface area contributed by atoms with Gasteiger partial charge in [0.25, 0.3) is 5.91 Å². The van der Waals surface area contributed by atoms with Gasteiger partial charge in [0.15, 0.2) is 0 Å². The summed E-state index contributed by atoms with van der Waals surface area (Å²) in [6.07, 6.45) is 4.77. The van der Waals surface area contributed by atoms with Crippen LogP contribution < -0.4 is 5.32 Å². The van der Waals surface area contributed by atoms with Crippen molar-refractivity contribution in [1.29, 1.82) is 0 Å². The maximum absolute atomic E-state index is 12.7. The molecule has 0 aliphatic carbocycles. The molecule has 0 radical (unpaired) electrons. The van der Waals surface area contributed by atoms with Crippen LogP contribution in [0.5, 0.6) is 0 Å². The van der Waals surface area contributed by atoms with Crippen molar-refractivity contribution in [3.8, 4) is 0 Å². The standard InChI is InChI=1S/C22H26ClN3O3S/c23-19-16-6-2-3-7-17(16)30-20(19)21(28)24-14-18(27)25-12-8-15(9-13-25)22(29)26-10-4-1-5-11-26/h2-3,6-7,15H,1,4-5,8-14H2,(H,24,28). The zero-order chi connectivity index (χ0) is 21.1. The van der Waals surface area contributed by atoms with Crippen molar-refractivity contribution in [3.05, 3.63) is 34.2 Å². The van der Waals surface area contributed by atoms with Crippen molar-refractivity contribution >= 4 is 50.7 Å². The monoisotopic (exact) mass is 447 g/mol. The first kappa shape index (κ1) is 21.1. The van der Waals surface area contributed by atoms with Gasteiger partial charge in [0, 0.05) is 42.2 Å². The van der Waals surface area contributed by atoms with E-state index in [1.165, 1.54) is 17.8 Å². The van der Waals surface area contributed by atoms with Crippen LogP contribution in [-0.4, -0.2) is 60.2 Å². The fraction of sp³-hybridized carbons (Fsp3) is 0.500. The molecular weight excluding hydrogens is 422 g/mol. The second-order valence-electron chi connectivity index (χ2n) is 7.97. The summed E-state index contributed by atoms with van der Waals surface area (Å²) in [6.45, 7) is 2.79. The maximum Gasteiger partial charge on any atom is 0.263 e. The third kappa shape index (κ3) is 4.47. The molecule has 0 saturated carbocycles. The van der Waals surface area contributed by atoms with Gasteiger partial charge in [-0.3, -0.25) is 14.4 Å². The number of rotatable bonds is 4. The molecular formula is C22H26ClN3O3S. The zero-order valence-corrected chi connectivity index (χ0v) is 18.4. The summed E-state index contributed by atoms with van der Waals surface area (Å²) in [4.78, 5) is 41.9. The largest absolute Gasteiger partial charge is 0.342 e. The smallest absolute Gasteiger partial charge is 0.263 e. The van der Waals surface area contributed by atoms with Gasteiger partial charge in [0.05, 0.1) is 11.6 Å². The lowest BCUT2D eigenvalue weighted by molar-refractivity contribution is -0.141. The summed E-state index contributed by atoms with van der Waals surface area (Å²) in [5.41, 5.74) is 0. The lowest BCUT2D eigenvalue weighted by Crippen LogP contribution is -2.47. The number of carbonyl (C=O) groups is 3. The van der Waals surface area contributed by atoms with Gasteiger partial charge >= 0.3 is 0 Å². The van der Waals surface area contributed by atoms with E-state index in [4.69, 9.17) is 11.6 Å². The highest BCUT2D eigenvalue weighted by Crippen LogP contribution is 2.35. The Hall–Kier alpha value is -2.12. The Balaban J connectivity index is 1.27. The highest BCUT2D eigenvalue weighted by atomic mass is 35.5. The van der Waals surface area contributed by atoms with Gasteiger partial charge in [0.1, 0.15) is 4.88 Å². The number of amides is 3. The van der Waals surface area contributed by atoms with Crippen molar-refractivity contribution in [2.24, 2.45) is 5.92 Å². The minimum absolute atomic E-state index is 0.0131. The number of carbonyl (C=O) groups excluding carboxylic acids is 3. The van der Waals surface area contributed by atoms with Gasteiger partial charge in [-0.05, 0) is 38.2 Å². The first-order chi connectivity index (χ1) is 14.5. The molecule has 1 N–H and O–H groups in total. The van der Waals surface area contributed by atoms with Crippen LogP contribution in [-0.2, 0) is 9.59 Å². The predicted octanol–water partition coefficient (Wildman–Crippen LogP) is 3.54. The quantitative estimate of drug-likeness (QED) is 0.779. The van der Waals surface area contributed by atoms with E-state index in [0.717, 1.165) is 36.0 Å². The second kappa shape index (κ2) is 9.35. The lowest BCUT2D eigenvalue weighted by Gasteiger charge is -2.35. The topological polar surface area (TPSA) is 69.7 Å². The Morgan fingerprint density at radius 3 is 2.40 bits per heavy atom. The Morgan fingerprint density at radius 2 is 1.70 bits per heavy atom. The third-order valence-corrected chi connectivity index (χ3v) is 7.68. The van der Waals surface area contributed by atoms with Crippen LogP contribution in [0.15, 0.2) is 24.3 Å². The lowest BCUT2D eigenvalue weighted by atomic mass is 9.94. The SMILES string of the molecule is O=C(NCC(=O)N1CCC(C(=O)N2CCCCC2)CC1)c1sc2ccccc2c1Cl. The average molecular weight is 448 g/mol. The molecule has 0 unspecified atom stereocenters. The minimum Gasteiger partial charge on any atom is -0.342 e. The first-order valence-electron chi connectivity index (χ1n) is 10.6. The molecule has 0 bridgehead atoms. The summed E-state index contributed by atoms with van der Waals surface area (Å²) >= 11 is 7.67. The van der Waals surface area contributed by atoms with Crippen molar-refractivity contribution in [2.45, 2.75) is 32.1 Å². The minimum atomic E-state index is -0.329. The van der Waals surface area contributed by atoms with Gasteiger partial charge < -0.3 is 15.1 Å². The number of hydrogen-bond acceptors (Lipinski definition) is 4. The van der Waals surface area contributed by atoms with Crippen molar-refractivity contribution in [2.75, 3.05) is 32.7 Å². The number of piperidine rings is 2. The maximum atomic E-state index is 12.7. The average Bonchev–Trinajstić information content (AvgIpc) is 3.14. The Bertz CT molecular complexity index is 946. The van der Waals surface area contributed by atoms with Crippen LogP contribution in [0.3, 0.4) is 0 Å². The molecule has 1 aromatic heterocycles. The number of hydrogen-bond donors (Lipinski definition) is 1. The molecule has 2 fully saturated rings. The third-order valence-electron chi connectivity index (χ3n) is 6.01. The fourth-order valence-electron chi connectivity index (χ4n) is 4.26. The molecule has 8 heteroatoms. The van der Waals surface area contributed by atoms with E-state index in [1.807, 2.05) is 29.2 Å². The molecule has 1 aromatic carbocycles. The number of halogens is 1. The van der Waals surface area contributed by atoms with Crippen LogP contribution in [0, 0.1) is 5.92 Å². The van der Waals surface area contributed by atoms with E-state index in [1.54, 1.807) is 4.90 Å². The first-order valence-corrected chi connectivity index (χ1v) is 11.8. The van der Waals surface area contributed by atoms with Gasteiger partial charge in [0.2, 0.25) is 11.8 Å². The summed E-state index contributed by atoms with van der Waals surface area (Å²) < 4.78 is 0.944. The normalized spacial score (nSPS) is 17.9. The van der Waals surface area contributed by atoms with Crippen LogP contribution in [0.1, 0.15) is 41.8 Å². The van der Waals surface area contributed by atoms with Gasteiger partial charge in [-0.15, -0.1) is 11.3 Å². The molecule has 2 saturated heterocycles. The molecule has 0 spiro atoms. The van der Waals surface area contributed by atoms with Crippen LogP contribution >= 0.6 is 22.9 Å². The van der Waals surface area contributed by atoms with E-state index < -0.39 is 0 Å². The highest BCUT2D eigenvalue weighted by molar-refractivity contribution is 7.21. The number of thiophene rings is 1. The van der Waals surface area contributed by atoms with Crippen LogP contribution in [0.2, 0.25) is 5.02 Å². The van der Waals surface area contributed by atoms with Gasteiger partial charge in [-0.25, -0.2) is 0 Å². The van der Waals surface area contributed by atoms with E-state index in [9.17, 15) is 14.4 Å². The molecule has 4 rings (SSSR count). The number of fused-ring (bicyclic) bond motifs is 1. The second-order valence-corrected chi connectivity index (χ2v) is 9.40. The summed E-state index contributed by atoms with van der Waals surface area (Å²) in [5.74, 6) is -0.192. The van der Waals surface area contributed by atoms with Gasteiger partial charge in [-0.1, -0.05) is 29.8 Å².